The lowest BCUT2D eigenvalue weighted by Gasteiger charge is -2.29. The first-order valence-electron chi connectivity index (χ1n) is 12.7. The zero-order valence-electron chi connectivity index (χ0n) is 21.3. The molecule has 3 aromatic rings. The summed E-state index contributed by atoms with van der Waals surface area (Å²) < 4.78 is 7.14. The Bertz CT molecular complexity index is 1310. The van der Waals surface area contributed by atoms with Crippen molar-refractivity contribution in [3.63, 3.8) is 0 Å². The fourth-order valence-electron chi connectivity index (χ4n) is 5.11. The third-order valence-corrected chi connectivity index (χ3v) is 7.18. The van der Waals surface area contributed by atoms with E-state index in [-0.39, 0.29) is 11.3 Å². The van der Waals surface area contributed by atoms with E-state index in [4.69, 9.17) is 4.74 Å². The van der Waals surface area contributed by atoms with E-state index in [9.17, 15) is 14.7 Å². The van der Waals surface area contributed by atoms with Crippen LogP contribution in [0.25, 0.3) is 11.4 Å². The van der Waals surface area contributed by atoms with Crippen LogP contribution in [0.4, 0.5) is 0 Å². The predicted octanol–water partition coefficient (Wildman–Crippen LogP) is 3.63. The molecule has 2 saturated heterocycles. The van der Waals surface area contributed by atoms with Gasteiger partial charge in [0.25, 0.3) is 11.7 Å². The summed E-state index contributed by atoms with van der Waals surface area (Å²) in [5, 5.41) is 15.9. The summed E-state index contributed by atoms with van der Waals surface area (Å²) in [5.74, 6) is -1.44. The topological polar surface area (TPSA) is 87.9 Å². The normalized spacial score (nSPS) is 20.1. The van der Waals surface area contributed by atoms with Gasteiger partial charge in [-0.1, -0.05) is 48.0 Å². The van der Waals surface area contributed by atoms with Crippen LogP contribution in [0.5, 0.6) is 0 Å². The van der Waals surface area contributed by atoms with Crippen LogP contribution in [-0.2, 0) is 14.3 Å². The number of carbonyl (C=O) groups excluding carboxylic acids is 2. The summed E-state index contributed by atoms with van der Waals surface area (Å²) in [5.41, 5.74) is 3.95. The second kappa shape index (κ2) is 10.7. The average Bonchev–Trinajstić information content (AvgIpc) is 3.42. The number of ketones is 1. The zero-order valence-corrected chi connectivity index (χ0v) is 21.3. The Morgan fingerprint density at radius 2 is 1.70 bits per heavy atom. The summed E-state index contributed by atoms with van der Waals surface area (Å²) >= 11 is 0. The minimum absolute atomic E-state index is 0.107. The largest absolute Gasteiger partial charge is 0.507 e. The van der Waals surface area contributed by atoms with Crippen molar-refractivity contribution in [1.82, 2.24) is 19.6 Å². The van der Waals surface area contributed by atoms with Crippen molar-refractivity contribution in [1.29, 1.82) is 0 Å². The number of likely N-dealkylation sites (tertiary alicyclic amines) is 1. The van der Waals surface area contributed by atoms with Crippen LogP contribution in [0.15, 0.2) is 66.4 Å². The lowest BCUT2D eigenvalue weighted by atomic mass is 9.95. The van der Waals surface area contributed by atoms with Gasteiger partial charge in [-0.2, -0.15) is 5.10 Å². The van der Waals surface area contributed by atoms with Crippen LogP contribution in [0.1, 0.15) is 34.8 Å². The van der Waals surface area contributed by atoms with Gasteiger partial charge in [0.15, 0.2) is 0 Å². The Hall–Kier alpha value is -3.75. The van der Waals surface area contributed by atoms with Gasteiger partial charge in [0.05, 0.1) is 48.0 Å². The molecule has 8 heteroatoms. The Kier molecular flexibility index (Phi) is 7.21. The van der Waals surface area contributed by atoms with Gasteiger partial charge >= 0.3 is 0 Å². The van der Waals surface area contributed by atoms with Gasteiger partial charge in [0, 0.05) is 26.2 Å². The smallest absolute Gasteiger partial charge is 0.295 e. The summed E-state index contributed by atoms with van der Waals surface area (Å²) in [6, 6.07) is 16.7. The van der Waals surface area contributed by atoms with Gasteiger partial charge in [-0.15, -0.1) is 0 Å². The molecule has 0 saturated carbocycles. The van der Waals surface area contributed by atoms with E-state index in [1.54, 1.807) is 15.8 Å². The van der Waals surface area contributed by atoms with Crippen molar-refractivity contribution in [3.8, 4) is 5.69 Å². The molecule has 2 aliphatic heterocycles. The van der Waals surface area contributed by atoms with E-state index < -0.39 is 17.7 Å². The number of nitrogens with zero attached hydrogens (tertiary/aromatic N) is 4. The number of aromatic nitrogens is 2. The number of hydrogen-bond acceptors (Lipinski definition) is 6. The van der Waals surface area contributed by atoms with Gasteiger partial charge in [-0.3, -0.25) is 14.5 Å². The van der Waals surface area contributed by atoms with E-state index in [1.807, 2.05) is 68.4 Å². The molecule has 5 rings (SSSR count). The number of amides is 1. The maximum absolute atomic E-state index is 13.4. The summed E-state index contributed by atoms with van der Waals surface area (Å²) in [7, 11) is 0. The number of benzene rings is 2. The number of aliphatic hydroxyl groups is 1. The lowest BCUT2D eigenvalue weighted by Crippen LogP contribution is -2.38. The number of para-hydroxylation sites is 1. The first kappa shape index (κ1) is 24.9. The van der Waals surface area contributed by atoms with Crippen LogP contribution in [0.3, 0.4) is 0 Å². The Morgan fingerprint density at radius 1 is 1.00 bits per heavy atom. The summed E-state index contributed by atoms with van der Waals surface area (Å²) in [4.78, 5) is 30.6. The van der Waals surface area contributed by atoms with Gasteiger partial charge in [-0.05, 0) is 38.0 Å². The molecule has 192 valence electrons. The molecule has 0 aliphatic carbocycles. The van der Waals surface area contributed by atoms with E-state index in [0.29, 0.717) is 31.0 Å². The van der Waals surface area contributed by atoms with Gasteiger partial charge < -0.3 is 14.7 Å². The second-order valence-corrected chi connectivity index (χ2v) is 9.60. The highest BCUT2D eigenvalue weighted by Gasteiger charge is 2.46. The third kappa shape index (κ3) is 4.95. The molecule has 1 atom stereocenters. The van der Waals surface area contributed by atoms with Crippen LogP contribution in [0, 0.1) is 13.8 Å². The number of rotatable bonds is 7. The quantitative estimate of drug-likeness (QED) is 0.303. The maximum Gasteiger partial charge on any atom is 0.295 e. The molecule has 1 amide bonds. The molecular formula is C29H32N4O4. The van der Waals surface area contributed by atoms with E-state index >= 15 is 0 Å². The number of aliphatic hydroxyl groups excluding tert-OH is 1. The van der Waals surface area contributed by atoms with E-state index in [2.05, 4.69) is 10.00 Å². The molecule has 2 fully saturated rings. The van der Waals surface area contributed by atoms with Crippen molar-refractivity contribution in [2.45, 2.75) is 26.3 Å². The first-order valence-corrected chi connectivity index (χ1v) is 12.7. The molecule has 37 heavy (non-hydrogen) atoms. The van der Waals surface area contributed by atoms with E-state index in [1.165, 1.54) is 0 Å². The molecule has 0 spiro atoms. The Morgan fingerprint density at radius 3 is 2.41 bits per heavy atom. The van der Waals surface area contributed by atoms with Crippen LogP contribution in [0.2, 0.25) is 0 Å². The SMILES string of the molecule is Cc1ccc([C@@H]2C(=C(O)c3cnn(-c4ccccc4)c3C)C(=O)C(=O)N2CCCN2CCOCC2)cc1. The molecule has 1 N–H and O–H groups in total. The van der Waals surface area contributed by atoms with Crippen molar-refractivity contribution in [3.05, 3.63) is 88.8 Å². The summed E-state index contributed by atoms with van der Waals surface area (Å²) in [6.07, 6.45) is 2.27. The molecule has 1 aromatic heterocycles. The van der Waals surface area contributed by atoms with Crippen LogP contribution < -0.4 is 0 Å². The van der Waals surface area contributed by atoms with Gasteiger partial charge in [-0.25, -0.2) is 4.68 Å². The number of morpholine rings is 1. The second-order valence-electron chi connectivity index (χ2n) is 9.60. The van der Waals surface area contributed by atoms with Crippen molar-refractivity contribution in [2.24, 2.45) is 0 Å². The standard InChI is InChI=1S/C29H32N4O4/c1-20-9-11-22(12-10-20)26-25(27(34)24-19-30-33(21(24)2)23-7-4-3-5-8-23)28(35)29(36)32(26)14-6-13-31-15-17-37-18-16-31/h3-5,7-12,19,26,34H,6,13-18H2,1-2H3/t26-/m1/s1. The molecule has 8 nitrogen and oxygen atoms in total. The highest BCUT2D eigenvalue weighted by molar-refractivity contribution is 6.46. The number of aryl methyl sites for hydroxylation is 1. The number of ether oxygens (including phenoxy) is 1. The van der Waals surface area contributed by atoms with E-state index in [0.717, 1.165) is 42.9 Å². The van der Waals surface area contributed by atoms with Crippen LogP contribution >= 0.6 is 0 Å². The van der Waals surface area contributed by atoms with Crippen molar-refractivity contribution >= 4 is 17.4 Å². The third-order valence-electron chi connectivity index (χ3n) is 7.18. The molecular weight excluding hydrogens is 468 g/mol. The average molecular weight is 501 g/mol. The highest BCUT2D eigenvalue weighted by Crippen LogP contribution is 2.40. The number of hydrogen-bond donors (Lipinski definition) is 1. The molecule has 0 unspecified atom stereocenters. The zero-order chi connectivity index (χ0) is 25.9. The molecule has 2 aromatic carbocycles. The minimum atomic E-state index is -0.665. The summed E-state index contributed by atoms with van der Waals surface area (Å²) in [6.45, 7) is 8.22. The monoisotopic (exact) mass is 500 g/mol. The number of carbonyl (C=O) groups is 2. The highest BCUT2D eigenvalue weighted by atomic mass is 16.5. The molecule has 0 bridgehead atoms. The first-order chi connectivity index (χ1) is 18.0. The molecule has 0 radical (unpaired) electrons. The number of Topliss-reactive ketones (excluding diaryl/α,β-unsaturated/α-hetero) is 1. The van der Waals surface area contributed by atoms with Crippen LogP contribution in [-0.4, -0.2) is 75.8 Å². The molecule has 3 heterocycles. The van der Waals surface area contributed by atoms with Crippen molar-refractivity contribution < 1.29 is 19.4 Å². The maximum atomic E-state index is 13.4. The Balaban J connectivity index is 1.50. The Labute approximate surface area is 216 Å². The van der Waals surface area contributed by atoms with Gasteiger partial charge in [0.2, 0.25) is 0 Å². The molecule has 2 aliphatic rings. The van der Waals surface area contributed by atoms with Crippen molar-refractivity contribution in [2.75, 3.05) is 39.4 Å². The fraction of sp³-hybridized carbons (Fsp3) is 0.345. The lowest BCUT2D eigenvalue weighted by molar-refractivity contribution is -0.140. The predicted molar refractivity (Wildman–Crippen MR) is 140 cm³/mol. The minimum Gasteiger partial charge on any atom is -0.507 e. The fourth-order valence-corrected chi connectivity index (χ4v) is 5.11. The van der Waals surface area contributed by atoms with Gasteiger partial charge in [0.1, 0.15) is 5.76 Å².